The maximum Gasteiger partial charge on any atom is 0.246 e. The summed E-state index contributed by atoms with van der Waals surface area (Å²) in [5, 5.41) is 15.7. The summed E-state index contributed by atoms with van der Waals surface area (Å²) in [4.78, 5) is 42.1. The Morgan fingerprint density at radius 2 is 1.88 bits per heavy atom. The molecule has 3 N–H and O–H groups in total. The van der Waals surface area contributed by atoms with Crippen LogP contribution >= 0.6 is 0 Å². The molecule has 3 saturated heterocycles. The molecule has 1 aromatic carbocycles. The third-order valence-corrected chi connectivity index (χ3v) is 7.35. The first-order chi connectivity index (χ1) is 16.1. The molecule has 3 heterocycles. The number of nitrogens with one attached hydrogen (secondary N) is 2. The lowest BCUT2D eigenvalue weighted by molar-refractivity contribution is -0.148. The van der Waals surface area contributed by atoms with Crippen molar-refractivity contribution in [3.8, 4) is 5.75 Å². The third kappa shape index (κ3) is 3.75. The Morgan fingerprint density at radius 3 is 2.47 bits per heavy atom. The molecule has 186 valence electrons. The predicted octanol–water partition coefficient (Wildman–Crippen LogP) is 1.69. The van der Waals surface area contributed by atoms with Crippen LogP contribution < -0.4 is 15.4 Å². The van der Waals surface area contributed by atoms with E-state index in [0.29, 0.717) is 30.9 Å². The third-order valence-electron chi connectivity index (χ3n) is 7.35. The van der Waals surface area contributed by atoms with Crippen LogP contribution in [0.5, 0.6) is 5.75 Å². The van der Waals surface area contributed by atoms with E-state index in [0.717, 1.165) is 0 Å². The van der Waals surface area contributed by atoms with Gasteiger partial charge in [-0.1, -0.05) is 0 Å². The van der Waals surface area contributed by atoms with Crippen molar-refractivity contribution < 1.29 is 29.0 Å². The fourth-order valence-electron chi connectivity index (χ4n) is 6.01. The van der Waals surface area contributed by atoms with Crippen LogP contribution in [0.2, 0.25) is 0 Å². The highest BCUT2D eigenvalue weighted by Crippen LogP contribution is 2.63. The fourth-order valence-corrected chi connectivity index (χ4v) is 6.01. The largest absolute Gasteiger partial charge is 0.494 e. The van der Waals surface area contributed by atoms with Crippen LogP contribution in [0.1, 0.15) is 47.5 Å². The van der Waals surface area contributed by atoms with E-state index in [1.165, 1.54) is 4.90 Å². The SMILES string of the molecule is CCOc1ccc(NC(=O)[C@@H]2[C@H]3C(=O)N([C@H](C)CO)C(C(=O)NC(C)C)C34CC[C@@]2(C)O4)cc1. The topological polar surface area (TPSA) is 117 Å². The van der Waals surface area contributed by atoms with Crippen LogP contribution in [-0.4, -0.2) is 70.3 Å². The standard InChI is InChI=1S/C25H35N3O6/c1-6-33-17-9-7-16(8-10-17)27-21(30)18-19-23(32)28(15(4)13-29)20(22(31)26-14(2)3)25(19)12-11-24(18,5)34-25/h7-10,14-15,18-20,29H,6,11-13H2,1-5H3,(H,26,31)(H,27,30)/t15-,18+,19+,20?,24-,25?/m1/s1. The van der Waals surface area contributed by atoms with Crippen molar-refractivity contribution in [2.75, 3.05) is 18.5 Å². The van der Waals surface area contributed by atoms with E-state index >= 15 is 0 Å². The summed E-state index contributed by atoms with van der Waals surface area (Å²) in [5.74, 6) is -1.80. The van der Waals surface area contributed by atoms with E-state index in [-0.39, 0.29) is 30.4 Å². The molecule has 1 spiro atoms. The molecule has 3 amide bonds. The molecule has 2 bridgehead atoms. The van der Waals surface area contributed by atoms with E-state index in [9.17, 15) is 19.5 Å². The van der Waals surface area contributed by atoms with Crippen molar-refractivity contribution in [1.82, 2.24) is 10.2 Å². The van der Waals surface area contributed by atoms with Crippen LogP contribution in [0.15, 0.2) is 24.3 Å². The van der Waals surface area contributed by atoms with Crippen molar-refractivity contribution in [3.63, 3.8) is 0 Å². The number of carbonyl (C=O) groups excluding carboxylic acids is 3. The smallest absolute Gasteiger partial charge is 0.246 e. The molecule has 0 saturated carbocycles. The molecule has 34 heavy (non-hydrogen) atoms. The fraction of sp³-hybridized carbons (Fsp3) is 0.640. The summed E-state index contributed by atoms with van der Waals surface area (Å²) in [7, 11) is 0. The van der Waals surface area contributed by atoms with Gasteiger partial charge in [-0.15, -0.1) is 0 Å². The van der Waals surface area contributed by atoms with Gasteiger partial charge in [-0.3, -0.25) is 14.4 Å². The van der Waals surface area contributed by atoms with Crippen molar-refractivity contribution in [2.45, 2.75) is 76.8 Å². The zero-order chi connectivity index (χ0) is 24.8. The van der Waals surface area contributed by atoms with Gasteiger partial charge in [0.25, 0.3) is 0 Å². The summed E-state index contributed by atoms with van der Waals surface area (Å²) in [5.41, 5.74) is -1.37. The Kier molecular flexibility index (Phi) is 6.37. The molecule has 4 rings (SSSR count). The number of amides is 3. The first-order valence-electron chi connectivity index (χ1n) is 12.0. The summed E-state index contributed by atoms with van der Waals surface area (Å²) >= 11 is 0. The molecule has 6 atom stereocenters. The van der Waals surface area contributed by atoms with Gasteiger partial charge in [-0.05, 0) is 71.7 Å². The minimum absolute atomic E-state index is 0.128. The summed E-state index contributed by atoms with van der Waals surface area (Å²) in [6, 6.07) is 5.45. The van der Waals surface area contributed by atoms with E-state index < -0.39 is 35.1 Å². The second kappa shape index (κ2) is 8.85. The van der Waals surface area contributed by atoms with E-state index in [4.69, 9.17) is 9.47 Å². The van der Waals surface area contributed by atoms with Crippen molar-refractivity contribution in [3.05, 3.63) is 24.3 Å². The highest BCUT2D eigenvalue weighted by Gasteiger charge is 2.78. The number of hydrogen-bond acceptors (Lipinski definition) is 6. The molecule has 9 heteroatoms. The van der Waals surface area contributed by atoms with Crippen molar-refractivity contribution >= 4 is 23.4 Å². The first-order valence-corrected chi connectivity index (χ1v) is 12.0. The van der Waals surface area contributed by atoms with Crippen molar-refractivity contribution in [2.24, 2.45) is 11.8 Å². The van der Waals surface area contributed by atoms with Gasteiger partial charge in [0.2, 0.25) is 17.7 Å². The van der Waals surface area contributed by atoms with Gasteiger partial charge in [0, 0.05) is 11.7 Å². The lowest BCUT2D eigenvalue weighted by Crippen LogP contribution is -2.58. The lowest BCUT2D eigenvalue weighted by atomic mass is 9.66. The van der Waals surface area contributed by atoms with Crippen LogP contribution in [0.3, 0.4) is 0 Å². The van der Waals surface area contributed by atoms with Gasteiger partial charge in [-0.25, -0.2) is 0 Å². The molecule has 3 aliphatic rings. The number of hydrogen-bond donors (Lipinski definition) is 3. The van der Waals surface area contributed by atoms with Gasteiger partial charge >= 0.3 is 0 Å². The Balaban J connectivity index is 1.67. The average molecular weight is 474 g/mol. The number of benzene rings is 1. The molecular weight excluding hydrogens is 438 g/mol. The summed E-state index contributed by atoms with van der Waals surface area (Å²) in [6.45, 7) is 9.41. The van der Waals surface area contributed by atoms with Gasteiger partial charge in [-0.2, -0.15) is 0 Å². The Labute approximate surface area is 200 Å². The molecule has 0 aromatic heterocycles. The molecular formula is C25H35N3O6. The van der Waals surface area contributed by atoms with Crippen molar-refractivity contribution in [1.29, 1.82) is 0 Å². The zero-order valence-corrected chi connectivity index (χ0v) is 20.5. The van der Waals surface area contributed by atoms with E-state index in [2.05, 4.69) is 10.6 Å². The van der Waals surface area contributed by atoms with Crippen LogP contribution in [0.4, 0.5) is 5.69 Å². The van der Waals surface area contributed by atoms with Crippen LogP contribution in [-0.2, 0) is 19.1 Å². The summed E-state index contributed by atoms with van der Waals surface area (Å²) < 4.78 is 12.0. The number of carbonyl (C=O) groups is 3. The minimum Gasteiger partial charge on any atom is -0.494 e. The average Bonchev–Trinajstić information content (AvgIpc) is 3.35. The number of fused-ring (bicyclic) bond motifs is 1. The molecule has 2 unspecified atom stereocenters. The number of likely N-dealkylation sites (tertiary alicyclic amines) is 1. The maximum atomic E-state index is 13.8. The quantitative estimate of drug-likeness (QED) is 0.529. The normalized spacial score (nSPS) is 32.6. The minimum atomic E-state index is -1.10. The molecule has 0 radical (unpaired) electrons. The Bertz CT molecular complexity index is 966. The number of aliphatic hydroxyl groups excluding tert-OH is 1. The van der Waals surface area contributed by atoms with Gasteiger partial charge in [0.15, 0.2) is 0 Å². The number of ether oxygens (including phenoxy) is 2. The van der Waals surface area contributed by atoms with E-state index in [1.54, 1.807) is 31.2 Å². The van der Waals surface area contributed by atoms with E-state index in [1.807, 2.05) is 27.7 Å². The first kappa shape index (κ1) is 24.5. The Morgan fingerprint density at radius 1 is 1.21 bits per heavy atom. The zero-order valence-electron chi connectivity index (χ0n) is 20.5. The highest BCUT2D eigenvalue weighted by atomic mass is 16.5. The summed E-state index contributed by atoms with van der Waals surface area (Å²) in [6.07, 6.45) is 1.06. The second-order valence-corrected chi connectivity index (χ2v) is 10.1. The van der Waals surface area contributed by atoms with Gasteiger partial charge in [0.1, 0.15) is 17.4 Å². The molecule has 3 fully saturated rings. The maximum absolute atomic E-state index is 13.8. The van der Waals surface area contributed by atoms with Gasteiger partial charge in [0.05, 0.1) is 36.7 Å². The van der Waals surface area contributed by atoms with Gasteiger partial charge < -0.3 is 30.1 Å². The van der Waals surface area contributed by atoms with Crippen LogP contribution in [0.25, 0.3) is 0 Å². The monoisotopic (exact) mass is 473 g/mol. The molecule has 0 aliphatic carbocycles. The molecule has 9 nitrogen and oxygen atoms in total. The van der Waals surface area contributed by atoms with Crippen LogP contribution in [0, 0.1) is 11.8 Å². The lowest BCUT2D eigenvalue weighted by Gasteiger charge is -2.36. The molecule has 3 aliphatic heterocycles. The molecule has 1 aromatic rings. The highest BCUT2D eigenvalue weighted by molar-refractivity contribution is 6.02. The number of rotatable bonds is 8. The predicted molar refractivity (Wildman–Crippen MR) is 125 cm³/mol. The number of anilines is 1. The number of aliphatic hydroxyl groups is 1. The Hall–Kier alpha value is -2.65. The number of nitrogens with zero attached hydrogens (tertiary/aromatic N) is 1. The second-order valence-electron chi connectivity index (χ2n) is 10.1.